The zero-order valence-electron chi connectivity index (χ0n) is 16.4. The fourth-order valence-electron chi connectivity index (χ4n) is 3.07. The molecule has 1 amide bonds. The van der Waals surface area contributed by atoms with Gasteiger partial charge >= 0.3 is 0 Å². The van der Waals surface area contributed by atoms with Gasteiger partial charge in [0.05, 0.1) is 12.3 Å². The van der Waals surface area contributed by atoms with Crippen LogP contribution in [0.5, 0.6) is 0 Å². The highest BCUT2D eigenvalue weighted by atomic mass is 32.2. The van der Waals surface area contributed by atoms with Crippen molar-refractivity contribution in [3.8, 4) is 5.69 Å². The number of rotatable bonds is 8. The highest BCUT2D eigenvalue weighted by Gasteiger charge is 2.20. The van der Waals surface area contributed by atoms with Crippen molar-refractivity contribution in [3.63, 3.8) is 0 Å². The Balaban J connectivity index is 1.74. The smallest absolute Gasteiger partial charge is 0.230 e. The Bertz CT molecular complexity index is 740. The molecule has 6 nitrogen and oxygen atoms in total. The number of amides is 1. The highest BCUT2D eigenvalue weighted by molar-refractivity contribution is 7.99. The van der Waals surface area contributed by atoms with Crippen molar-refractivity contribution in [1.82, 2.24) is 25.0 Å². The Morgan fingerprint density at radius 2 is 1.85 bits per heavy atom. The van der Waals surface area contributed by atoms with Gasteiger partial charge in [-0.25, -0.2) is 0 Å². The first-order valence-corrected chi connectivity index (χ1v) is 10.7. The lowest BCUT2D eigenvalue weighted by Gasteiger charge is -2.17. The van der Waals surface area contributed by atoms with E-state index in [4.69, 9.17) is 0 Å². The number of hydrogen-bond acceptors (Lipinski definition) is 5. The standard InChI is InChI=1S/C20H29N5OS/c1-15(2)16(3)21-19(26)14-27-20-23-22-18(13-24-11-7-8-12-24)25(20)17-9-5-4-6-10-17/h4-6,9-10,15-16H,7-8,11-14H2,1-3H3,(H,21,26). The first-order valence-electron chi connectivity index (χ1n) is 9.69. The first-order chi connectivity index (χ1) is 13.0. The molecule has 1 saturated heterocycles. The number of carbonyl (C=O) groups excluding carboxylic acids is 1. The van der Waals surface area contributed by atoms with Gasteiger partial charge in [-0.3, -0.25) is 14.3 Å². The molecule has 0 saturated carbocycles. The summed E-state index contributed by atoms with van der Waals surface area (Å²) in [6, 6.07) is 10.3. The van der Waals surface area contributed by atoms with E-state index in [2.05, 4.69) is 51.0 Å². The second-order valence-electron chi connectivity index (χ2n) is 7.44. The minimum Gasteiger partial charge on any atom is -0.353 e. The van der Waals surface area contributed by atoms with Gasteiger partial charge in [0.1, 0.15) is 0 Å². The van der Waals surface area contributed by atoms with Gasteiger partial charge in [0.15, 0.2) is 11.0 Å². The number of benzene rings is 1. The molecule has 1 aliphatic heterocycles. The van der Waals surface area contributed by atoms with Crippen molar-refractivity contribution in [1.29, 1.82) is 0 Å². The van der Waals surface area contributed by atoms with Crippen LogP contribution in [-0.4, -0.2) is 50.5 Å². The predicted molar refractivity (Wildman–Crippen MR) is 109 cm³/mol. The van der Waals surface area contributed by atoms with Gasteiger partial charge in [0.25, 0.3) is 0 Å². The third-order valence-corrected chi connectivity index (χ3v) is 5.93. The zero-order valence-corrected chi connectivity index (χ0v) is 17.2. The van der Waals surface area contributed by atoms with Gasteiger partial charge in [-0.1, -0.05) is 43.8 Å². The second kappa shape index (κ2) is 9.37. The number of carbonyl (C=O) groups is 1. The summed E-state index contributed by atoms with van der Waals surface area (Å²) in [4.78, 5) is 14.7. The zero-order chi connectivity index (χ0) is 19.2. The monoisotopic (exact) mass is 387 g/mol. The predicted octanol–water partition coefficient (Wildman–Crippen LogP) is 3.12. The van der Waals surface area contributed by atoms with Crippen LogP contribution in [0.15, 0.2) is 35.5 Å². The van der Waals surface area contributed by atoms with E-state index in [0.29, 0.717) is 11.7 Å². The summed E-state index contributed by atoms with van der Waals surface area (Å²) in [6.45, 7) is 9.26. The molecule has 2 heterocycles. The number of thioether (sulfide) groups is 1. The molecule has 1 N–H and O–H groups in total. The SMILES string of the molecule is CC(C)C(C)NC(=O)CSc1nnc(CN2CCCC2)n1-c1ccccc1. The fraction of sp³-hybridized carbons (Fsp3) is 0.550. The summed E-state index contributed by atoms with van der Waals surface area (Å²) in [7, 11) is 0. The Hall–Kier alpha value is -1.86. The maximum absolute atomic E-state index is 12.3. The highest BCUT2D eigenvalue weighted by Crippen LogP contribution is 2.23. The Labute approximate surface area is 165 Å². The van der Waals surface area contributed by atoms with Crippen LogP contribution in [0, 0.1) is 5.92 Å². The van der Waals surface area contributed by atoms with Crippen LogP contribution in [0.3, 0.4) is 0 Å². The van der Waals surface area contributed by atoms with Crippen molar-refractivity contribution in [2.24, 2.45) is 5.92 Å². The van der Waals surface area contributed by atoms with Crippen molar-refractivity contribution >= 4 is 17.7 Å². The molecule has 0 bridgehead atoms. The molecule has 2 aromatic rings. The number of aromatic nitrogens is 3. The van der Waals surface area contributed by atoms with Gasteiger partial charge in [-0.2, -0.15) is 0 Å². The maximum Gasteiger partial charge on any atom is 0.230 e. The molecule has 146 valence electrons. The normalized spacial score (nSPS) is 16.0. The minimum atomic E-state index is 0.0323. The first kappa shape index (κ1) is 19.9. The van der Waals surface area contributed by atoms with Crippen molar-refractivity contribution in [3.05, 3.63) is 36.2 Å². The summed E-state index contributed by atoms with van der Waals surface area (Å²) in [6.07, 6.45) is 2.49. The molecule has 0 aliphatic carbocycles. The maximum atomic E-state index is 12.3. The molecule has 1 atom stereocenters. The number of nitrogens with one attached hydrogen (secondary N) is 1. The molecule has 27 heavy (non-hydrogen) atoms. The molecular weight excluding hydrogens is 358 g/mol. The summed E-state index contributed by atoms with van der Waals surface area (Å²) in [5, 5.41) is 12.6. The van der Waals surface area contributed by atoms with E-state index >= 15 is 0 Å². The molecule has 3 rings (SSSR count). The fourth-order valence-corrected chi connectivity index (χ4v) is 3.85. The van der Waals surface area contributed by atoms with Gasteiger partial charge in [-0.15, -0.1) is 10.2 Å². The summed E-state index contributed by atoms with van der Waals surface area (Å²) in [5.74, 6) is 1.72. The summed E-state index contributed by atoms with van der Waals surface area (Å²) < 4.78 is 2.09. The van der Waals surface area contributed by atoms with Gasteiger partial charge in [0, 0.05) is 11.7 Å². The van der Waals surface area contributed by atoms with Crippen LogP contribution >= 0.6 is 11.8 Å². The van der Waals surface area contributed by atoms with Crippen LogP contribution in [-0.2, 0) is 11.3 Å². The van der Waals surface area contributed by atoms with Gasteiger partial charge < -0.3 is 5.32 Å². The van der Waals surface area contributed by atoms with E-state index in [1.165, 1.54) is 24.6 Å². The molecule has 0 radical (unpaired) electrons. The van der Waals surface area contributed by atoms with E-state index in [1.807, 2.05) is 25.1 Å². The molecule has 1 aromatic heterocycles. The average molecular weight is 388 g/mol. The molecule has 7 heteroatoms. The number of likely N-dealkylation sites (tertiary alicyclic amines) is 1. The van der Waals surface area contributed by atoms with Crippen molar-refractivity contribution in [2.45, 2.75) is 51.4 Å². The van der Waals surface area contributed by atoms with Crippen LogP contribution in [0.1, 0.15) is 39.4 Å². The second-order valence-corrected chi connectivity index (χ2v) is 8.38. The largest absolute Gasteiger partial charge is 0.353 e. The third kappa shape index (κ3) is 5.32. The molecule has 1 fully saturated rings. The number of hydrogen-bond donors (Lipinski definition) is 1. The lowest BCUT2D eigenvalue weighted by Crippen LogP contribution is -2.37. The summed E-state index contributed by atoms with van der Waals surface area (Å²) >= 11 is 1.44. The van der Waals surface area contributed by atoms with E-state index in [9.17, 15) is 4.79 Å². The minimum absolute atomic E-state index is 0.0323. The van der Waals surface area contributed by atoms with E-state index in [0.717, 1.165) is 36.3 Å². The molecule has 1 aliphatic rings. The van der Waals surface area contributed by atoms with Crippen LogP contribution in [0.2, 0.25) is 0 Å². The molecule has 1 aromatic carbocycles. The Kier molecular flexibility index (Phi) is 6.90. The summed E-state index contributed by atoms with van der Waals surface area (Å²) in [5.41, 5.74) is 1.04. The Morgan fingerprint density at radius 3 is 2.52 bits per heavy atom. The average Bonchev–Trinajstić information content (AvgIpc) is 3.31. The molecule has 0 spiro atoms. The van der Waals surface area contributed by atoms with Crippen LogP contribution in [0.4, 0.5) is 0 Å². The van der Waals surface area contributed by atoms with Crippen molar-refractivity contribution in [2.75, 3.05) is 18.8 Å². The van der Waals surface area contributed by atoms with Crippen LogP contribution < -0.4 is 5.32 Å². The number of para-hydroxylation sites is 1. The quantitative estimate of drug-likeness (QED) is 0.705. The third-order valence-electron chi connectivity index (χ3n) is 5.00. The van der Waals surface area contributed by atoms with Gasteiger partial charge in [-0.05, 0) is 50.9 Å². The Morgan fingerprint density at radius 1 is 1.15 bits per heavy atom. The van der Waals surface area contributed by atoms with Crippen molar-refractivity contribution < 1.29 is 4.79 Å². The molecular formula is C20H29N5OS. The topological polar surface area (TPSA) is 63.1 Å². The number of nitrogens with zero attached hydrogens (tertiary/aromatic N) is 4. The van der Waals surface area contributed by atoms with Gasteiger partial charge in [0.2, 0.25) is 5.91 Å². The van der Waals surface area contributed by atoms with E-state index in [1.54, 1.807) is 0 Å². The van der Waals surface area contributed by atoms with E-state index in [-0.39, 0.29) is 11.9 Å². The van der Waals surface area contributed by atoms with E-state index < -0.39 is 0 Å². The van der Waals surface area contributed by atoms with Crippen LogP contribution in [0.25, 0.3) is 5.69 Å². The molecule has 1 unspecified atom stereocenters. The lowest BCUT2D eigenvalue weighted by atomic mass is 10.1. The lowest BCUT2D eigenvalue weighted by molar-refractivity contribution is -0.119.